The molecule has 2 aromatic rings. The van der Waals surface area contributed by atoms with Crippen molar-refractivity contribution in [2.24, 2.45) is 5.92 Å². The van der Waals surface area contributed by atoms with Crippen LogP contribution in [-0.2, 0) is 4.74 Å². The van der Waals surface area contributed by atoms with Crippen LogP contribution in [0.1, 0.15) is 18.6 Å². The van der Waals surface area contributed by atoms with E-state index in [0.717, 1.165) is 15.5 Å². The molecule has 1 fully saturated rings. The zero-order valence-electron chi connectivity index (χ0n) is 13.5. The van der Waals surface area contributed by atoms with E-state index in [-0.39, 0.29) is 23.3 Å². The van der Waals surface area contributed by atoms with Crippen molar-refractivity contribution in [2.45, 2.75) is 32.2 Å². The number of aliphatic hydroxyl groups is 3. The Hall–Kier alpha value is -2.34. The highest BCUT2D eigenvalue weighted by Crippen LogP contribution is 2.30. The normalized spacial score (nSPS) is 24.5. The second-order valence-electron chi connectivity index (χ2n) is 6.00. The van der Waals surface area contributed by atoms with E-state index < -0.39 is 42.3 Å². The lowest BCUT2D eigenvalue weighted by atomic mass is 10.1. The van der Waals surface area contributed by atoms with Crippen LogP contribution in [0.3, 0.4) is 0 Å². The number of aliphatic hydroxyl groups excluding tert-OH is 3. The maximum Gasteiger partial charge on any atom is 0.289 e. The smallest absolute Gasteiger partial charge is 0.289 e. The molecular formula is C14H18N5O6. The van der Waals surface area contributed by atoms with E-state index in [9.17, 15) is 19.8 Å². The molecule has 1 radical (unpaired) electrons. The molecule has 0 spiro atoms. The van der Waals surface area contributed by atoms with Gasteiger partial charge in [0, 0.05) is 5.92 Å². The van der Waals surface area contributed by atoms with Gasteiger partial charge in [0.05, 0.1) is 12.9 Å². The molecule has 1 saturated heterocycles. The van der Waals surface area contributed by atoms with Crippen molar-refractivity contribution in [2.75, 3.05) is 12.3 Å². The molecule has 135 valence electrons. The number of carbonyl (C=O) groups excluding carboxylic acids is 1. The first-order valence-corrected chi connectivity index (χ1v) is 7.58. The number of hydrogen-bond donors (Lipinski definition) is 4. The average molecular weight is 352 g/mol. The van der Waals surface area contributed by atoms with Crippen LogP contribution >= 0.6 is 0 Å². The lowest BCUT2D eigenvalue weighted by molar-refractivity contribution is -0.00653. The topological polar surface area (TPSA) is 166 Å². The summed E-state index contributed by atoms with van der Waals surface area (Å²) in [5, 5.41) is 29.1. The van der Waals surface area contributed by atoms with Crippen LogP contribution < -0.4 is 11.3 Å². The Labute approximate surface area is 141 Å². The molecule has 0 aliphatic carbocycles. The van der Waals surface area contributed by atoms with Gasteiger partial charge in [0.2, 0.25) is 18.1 Å². The standard InChI is InChI=1S/C14H18N5O6/c1-5(2)11(23)19-12(24)7-10(17-14(19)15)18(4-16-7)13-9(22)8(21)6(3-20)25-13/h4-6,8-9,20-22H,3H2,1-2H3,(H2,15,17)/t6-,8-,9-/m1/s1. The van der Waals surface area contributed by atoms with Crippen LogP contribution in [0.4, 0.5) is 5.95 Å². The molecule has 0 aromatic carbocycles. The van der Waals surface area contributed by atoms with Gasteiger partial charge in [0.15, 0.2) is 11.2 Å². The van der Waals surface area contributed by atoms with Crippen LogP contribution in [0.5, 0.6) is 0 Å². The molecule has 5 N–H and O–H groups in total. The third-order valence-corrected chi connectivity index (χ3v) is 3.96. The second kappa shape index (κ2) is 6.19. The van der Waals surface area contributed by atoms with Crippen LogP contribution in [0.2, 0.25) is 0 Å². The molecular weight excluding hydrogens is 334 g/mol. The molecule has 2 aromatic heterocycles. The van der Waals surface area contributed by atoms with Crippen molar-refractivity contribution in [3.05, 3.63) is 22.9 Å². The van der Waals surface area contributed by atoms with Crippen molar-refractivity contribution in [3.63, 3.8) is 0 Å². The van der Waals surface area contributed by atoms with Gasteiger partial charge in [-0.3, -0.25) is 14.2 Å². The molecule has 0 bridgehead atoms. The minimum absolute atomic E-state index is 0.0323. The van der Waals surface area contributed by atoms with E-state index in [2.05, 4.69) is 9.97 Å². The number of fused-ring (bicyclic) bond motifs is 1. The van der Waals surface area contributed by atoms with Crippen LogP contribution in [0, 0.1) is 12.1 Å². The van der Waals surface area contributed by atoms with Gasteiger partial charge in [0.1, 0.15) is 18.3 Å². The van der Waals surface area contributed by atoms with E-state index in [1.54, 1.807) is 13.8 Å². The van der Waals surface area contributed by atoms with Crippen molar-refractivity contribution >= 4 is 23.0 Å². The number of nitrogen functional groups attached to an aromatic ring is 1. The van der Waals surface area contributed by atoms with Gasteiger partial charge in [-0.05, 0) is 0 Å². The Morgan fingerprint density at radius 3 is 2.68 bits per heavy atom. The van der Waals surface area contributed by atoms with Crippen LogP contribution in [0.15, 0.2) is 11.1 Å². The van der Waals surface area contributed by atoms with Gasteiger partial charge >= 0.3 is 0 Å². The molecule has 11 nitrogen and oxygen atoms in total. The molecule has 3 atom stereocenters. The van der Waals surface area contributed by atoms with Gasteiger partial charge in [-0.1, -0.05) is 13.8 Å². The number of aromatic nitrogens is 4. The summed E-state index contributed by atoms with van der Waals surface area (Å²) < 4.78 is 7.21. The Morgan fingerprint density at radius 1 is 1.44 bits per heavy atom. The molecule has 3 rings (SSSR count). The van der Waals surface area contributed by atoms with Gasteiger partial charge < -0.3 is 25.8 Å². The van der Waals surface area contributed by atoms with Gasteiger partial charge in [-0.25, -0.2) is 9.55 Å². The third kappa shape index (κ3) is 2.61. The fraction of sp³-hybridized carbons (Fsp3) is 0.500. The number of rotatable bonds is 3. The first-order valence-electron chi connectivity index (χ1n) is 7.58. The summed E-state index contributed by atoms with van der Waals surface area (Å²) in [5.74, 6) is -1.33. The fourth-order valence-electron chi connectivity index (χ4n) is 2.59. The summed E-state index contributed by atoms with van der Waals surface area (Å²) >= 11 is 0. The molecule has 0 unspecified atom stereocenters. The number of anilines is 1. The van der Waals surface area contributed by atoms with Gasteiger partial charge in [-0.2, -0.15) is 4.98 Å². The highest BCUT2D eigenvalue weighted by molar-refractivity contribution is 5.86. The maximum atomic E-state index is 12.5. The second-order valence-corrected chi connectivity index (χ2v) is 6.00. The number of hydrogen-bond acceptors (Lipinski definition) is 9. The molecule has 1 aliphatic rings. The van der Waals surface area contributed by atoms with Crippen molar-refractivity contribution in [1.29, 1.82) is 0 Å². The molecule has 3 heterocycles. The van der Waals surface area contributed by atoms with Crippen molar-refractivity contribution in [1.82, 2.24) is 19.1 Å². The summed E-state index contributed by atoms with van der Waals surface area (Å²) in [6, 6.07) is 0. The zero-order chi connectivity index (χ0) is 18.5. The summed E-state index contributed by atoms with van der Waals surface area (Å²) in [5.41, 5.74) is 4.84. The molecule has 25 heavy (non-hydrogen) atoms. The zero-order valence-corrected chi connectivity index (χ0v) is 13.5. The minimum Gasteiger partial charge on any atom is -0.394 e. The number of imidazole rings is 1. The van der Waals surface area contributed by atoms with Crippen molar-refractivity contribution in [3.8, 4) is 0 Å². The van der Waals surface area contributed by atoms with Crippen molar-refractivity contribution < 1.29 is 24.9 Å². The fourth-order valence-corrected chi connectivity index (χ4v) is 2.59. The predicted molar refractivity (Wildman–Crippen MR) is 84.3 cm³/mol. The largest absolute Gasteiger partial charge is 0.394 e. The molecule has 11 heteroatoms. The van der Waals surface area contributed by atoms with E-state index in [1.165, 1.54) is 0 Å². The number of nitrogens with two attached hydrogens (primary N) is 1. The van der Waals surface area contributed by atoms with Gasteiger partial charge in [0.25, 0.3) is 5.56 Å². The monoisotopic (exact) mass is 352 g/mol. The number of carbonyl (C=O) groups is 1. The van der Waals surface area contributed by atoms with E-state index in [4.69, 9.17) is 15.6 Å². The highest BCUT2D eigenvalue weighted by atomic mass is 16.6. The van der Waals surface area contributed by atoms with E-state index >= 15 is 0 Å². The van der Waals surface area contributed by atoms with E-state index in [1.807, 2.05) is 0 Å². The summed E-state index contributed by atoms with van der Waals surface area (Å²) in [6.45, 7) is 2.72. The Bertz CT molecular complexity index is 874. The molecule has 0 amide bonds. The third-order valence-electron chi connectivity index (χ3n) is 3.96. The molecule has 0 saturated carbocycles. The Balaban J connectivity index is 2.12. The number of nitrogens with zero attached hydrogens (tertiary/aromatic N) is 4. The van der Waals surface area contributed by atoms with Gasteiger partial charge in [-0.15, -0.1) is 0 Å². The number of ether oxygens (including phenoxy) is 1. The lowest BCUT2D eigenvalue weighted by Gasteiger charge is -2.15. The lowest BCUT2D eigenvalue weighted by Crippen LogP contribution is -2.34. The first kappa shape index (κ1) is 17.5. The van der Waals surface area contributed by atoms with Crippen LogP contribution in [0.25, 0.3) is 11.2 Å². The quantitative estimate of drug-likeness (QED) is 0.485. The highest BCUT2D eigenvalue weighted by Gasteiger charge is 2.45. The average Bonchev–Trinajstić information content (AvgIpc) is 3.09. The minimum atomic E-state index is -1.45. The summed E-state index contributed by atoms with van der Waals surface area (Å²) in [4.78, 5) is 32.6. The Morgan fingerprint density at radius 2 is 2.12 bits per heavy atom. The first-order chi connectivity index (χ1) is 11.8. The SMILES string of the molecule is CC(C)C(=O)n1c(N)nc2c(ncn2[C]2O[C@H](CO)[C@@H](O)[C@H]2O)c1=O. The predicted octanol–water partition coefficient (Wildman–Crippen LogP) is -2.08. The Kier molecular flexibility index (Phi) is 4.33. The summed E-state index contributed by atoms with van der Waals surface area (Å²) in [6.07, 6.45) is -2.81. The van der Waals surface area contributed by atoms with E-state index in [0.29, 0.717) is 0 Å². The maximum absolute atomic E-state index is 12.5. The summed E-state index contributed by atoms with van der Waals surface area (Å²) in [7, 11) is 0. The van der Waals surface area contributed by atoms with Crippen LogP contribution in [-0.4, -0.2) is 65.2 Å². The molecule has 1 aliphatic heterocycles.